The van der Waals surface area contributed by atoms with Gasteiger partial charge in [0.05, 0.1) is 37.4 Å². The smallest absolute Gasteiger partial charge is 0.310 e. The Balaban J connectivity index is 1.34. The van der Waals surface area contributed by atoms with Gasteiger partial charge in [-0.2, -0.15) is 0 Å². The summed E-state index contributed by atoms with van der Waals surface area (Å²) in [6.45, 7) is 11.2. The zero-order valence-corrected chi connectivity index (χ0v) is 34.1. The van der Waals surface area contributed by atoms with Crippen LogP contribution in [0.2, 0.25) is 0 Å². The zero-order chi connectivity index (χ0) is 40.5. The van der Waals surface area contributed by atoms with Gasteiger partial charge in [0, 0.05) is 18.6 Å². The van der Waals surface area contributed by atoms with E-state index in [1.165, 1.54) is 5.57 Å². The molecule has 1 heterocycles. The number of fused-ring (bicyclic) bond motifs is 7. The summed E-state index contributed by atoms with van der Waals surface area (Å²) in [6.07, 6.45) is 2.43. The van der Waals surface area contributed by atoms with Crippen molar-refractivity contribution in [2.24, 2.45) is 56.2 Å². The number of aliphatic carboxylic acids is 1. The van der Waals surface area contributed by atoms with E-state index in [9.17, 15) is 40.5 Å². The van der Waals surface area contributed by atoms with E-state index in [1.807, 2.05) is 30.3 Å². The summed E-state index contributed by atoms with van der Waals surface area (Å²) in [6, 6.07) is 9.89. The molecule has 0 bridgehead atoms. The van der Waals surface area contributed by atoms with Gasteiger partial charge in [-0.05, 0) is 115 Å². The van der Waals surface area contributed by atoms with Crippen molar-refractivity contribution < 1.29 is 54.8 Å². The van der Waals surface area contributed by atoms with Gasteiger partial charge < -0.3 is 50.0 Å². The standard InChI is InChI=1S/C45H68O11/c1-40(25-47)15-17-45(39(52)53)18-16-43(4)29(30(45)21-40)20-28(12-9-19-46)36-41(2)22-32(54-23-27-10-7-6-8-11-27)37(56-38-35(51)34(50)31(49)24-55-38)42(3,26-48)33(41)13-14-44(36,43)5/h6-8,10-11,20,28,30-38,46-51H,9,12-19,21-26H2,1-5H3,(H,52,53). The number of hydrogen-bond acceptors (Lipinski definition) is 10. The third-order valence-electron chi connectivity index (χ3n) is 17.2. The van der Waals surface area contributed by atoms with Gasteiger partial charge in [0.25, 0.3) is 0 Å². The zero-order valence-electron chi connectivity index (χ0n) is 34.1. The normalized spacial score (nSPS) is 48.8. The Labute approximate surface area is 332 Å². The first kappa shape index (κ1) is 42.2. The van der Waals surface area contributed by atoms with Crippen LogP contribution in [0.5, 0.6) is 0 Å². The van der Waals surface area contributed by atoms with E-state index in [4.69, 9.17) is 14.2 Å². The van der Waals surface area contributed by atoms with Crippen LogP contribution in [0.25, 0.3) is 0 Å². The minimum atomic E-state index is -1.50. The number of benzene rings is 1. The Hall–Kier alpha value is -1.93. The maximum atomic E-state index is 13.4. The fourth-order valence-electron chi connectivity index (χ4n) is 13.9. The second kappa shape index (κ2) is 15.3. The van der Waals surface area contributed by atoms with Crippen LogP contribution in [0.3, 0.4) is 0 Å². The maximum Gasteiger partial charge on any atom is 0.310 e. The molecule has 1 aromatic rings. The molecule has 7 N–H and O–H groups in total. The van der Waals surface area contributed by atoms with E-state index in [2.05, 4.69) is 40.7 Å². The number of ether oxygens (including phenoxy) is 3. The average molecular weight is 785 g/mol. The van der Waals surface area contributed by atoms with Crippen molar-refractivity contribution in [3.8, 4) is 0 Å². The summed E-state index contributed by atoms with van der Waals surface area (Å²) in [5, 5.41) is 75.3. The fraction of sp³-hybridized carbons (Fsp3) is 0.800. The molecule has 0 amide bonds. The van der Waals surface area contributed by atoms with Crippen LogP contribution in [0.1, 0.15) is 104 Å². The summed E-state index contributed by atoms with van der Waals surface area (Å²) in [5.74, 6) is -0.883. The minimum Gasteiger partial charge on any atom is -0.481 e. The number of allylic oxidation sites excluding steroid dienone is 2. The number of carboxylic acids is 1. The molecule has 16 atom stereocenters. The van der Waals surface area contributed by atoms with Crippen molar-refractivity contribution in [1.82, 2.24) is 0 Å². The first-order valence-corrected chi connectivity index (χ1v) is 21.2. The quantitative estimate of drug-likeness (QED) is 0.120. The monoisotopic (exact) mass is 784 g/mol. The second-order valence-electron chi connectivity index (χ2n) is 20.2. The minimum absolute atomic E-state index is 0.0187. The molecule has 16 unspecified atom stereocenters. The van der Waals surface area contributed by atoms with E-state index in [-0.39, 0.29) is 66.3 Å². The molecule has 4 saturated carbocycles. The number of carboxylic acid groups (broad SMARTS) is 1. The molecule has 0 radical (unpaired) electrons. The molecule has 1 aliphatic heterocycles. The highest BCUT2D eigenvalue weighted by atomic mass is 16.7. The van der Waals surface area contributed by atoms with E-state index in [0.717, 1.165) is 31.2 Å². The molecule has 1 saturated heterocycles. The summed E-state index contributed by atoms with van der Waals surface area (Å²) < 4.78 is 19.4. The third-order valence-corrected chi connectivity index (χ3v) is 17.2. The van der Waals surface area contributed by atoms with Gasteiger partial charge in [-0.1, -0.05) is 76.6 Å². The average Bonchev–Trinajstić information content (AvgIpc) is 3.18. The van der Waals surface area contributed by atoms with E-state index < -0.39 is 59.0 Å². The molecular weight excluding hydrogens is 716 g/mol. The van der Waals surface area contributed by atoms with E-state index in [1.54, 1.807) is 0 Å². The third kappa shape index (κ3) is 6.45. The lowest BCUT2D eigenvalue weighted by molar-refractivity contribution is -0.334. The number of aliphatic hydroxyl groups is 6. The molecule has 11 heteroatoms. The van der Waals surface area contributed by atoms with Crippen molar-refractivity contribution in [3.05, 3.63) is 47.5 Å². The topological polar surface area (TPSA) is 186 Å². The Morgan fingerprint density at radius 1 is 0.893 bits per heavy atom. The SMILES string of the molecule is CC1(CO)CCC2(C(=O)O)CCC3(C)C(=CC(CCCO)C4C5(C)CC(OCc6ccccc6)C(OC6OCC(O)C(O)C6O)C(C)(CO)C5CCC43C)C2C1. The summed E-state index contributed by atoms with van der Waals surface area (Å²) in [4.78, 5) is 13.4. The van der Waals surface area contributed by atoms with Gasteiger partial charge in [0.2, 0.25) is 0 Å². The maximum absolute atomic E-state index is 13.4. The van der Waals surface area contributed by atoms with Crippen molar-refractivity contribution in [2.45, 2.75) is 142 Å². The van der Waals surface area contributed by atoms with Crippen LogP contribution in [-0.2, 0) is 25.6 Å². The van der Waals surface area contributed by atoms with Crippen molar-refractivity contribution in [3.63, 3.8) is 0 Å². The number of rotatable bonds is 11. The van der Waals surface area contributed by atoms with Gasteiger partial charge >= 0.3 is 5.97 Å². The summed E-state index contributed by atoms with van der Waals surface area (Å²) >= 11 is 0. The molecule has 56 heavy (non-hydrogen) atoms. The first-order chi connectivity index (χ1) is 26.5. The highest BCUT2D eigenvalue weighted by Crippen LogP contribution is 2.77. The largest absolute Gasteiger partial charge is 0.481 e. The molecule has 0 aromatic heterocycles. The molecule has 5 aliphatic carbocycles. The second-order valence-corrected chi connectivity index (χ2v) is 20.2. The Morgan fingerprint density at radius 3 is 2.27 bits per heavy atom. The van der Waals surface area contributed by atoms with Crippen LogP contribution in [0.15, 0.2) is 42.0 Å². The first-order valence-electron chi connectivity index (χ1n) is 21.2. The van der Waals surface area contributed by atoms with E-state index in [0.29, 0.717) is 45.1 Å². The number of carbonyl (C=O) groups is 1. The lowest BCUT2D eigenvalue weighted by Gasteiger charge is -2.73. The summed E-state index contributed by atoms with van der Waals surface area (Å²) in [5.41, 5.74) is -0.888. The van der Waals surface area contributed by atoms with Crippen molar-refractivity contribution in [2.75, 3.05) is 26.4 Å². The number of aliphatic hydroxyl groups excluding tert-OH is 6. The predicted octanol–water partition coefficient (Wildman–Crippen LogP) is 4.84. The molecule has 7 rings (SSSR count). The van der Waals surface area contributed by atoms with Crippen LogP contribution in [0, 0.1) is 56.2 Å². The van der Waals surface area contributed by atoms with Crippen molar-refractivity contribution >= 4 is 5.97 Å². The van der Waals surface area contributed by atoms with Gasteiger partial charge in [-0.15, -0.1) is 0 Å². The summed E-state index contributed by atoms with van der Waals surface area (Å²) in [7, 11) is 0. The van der Waals surface area contributed by atoms with Gasteiger partial charge in [0.15, 0.2) is 6.29 Å². The molecule has 5 fully saturated rings. The molecule has 314 valence electrons. The van der Waals surface area contributed by atoms with Crippen LogP contribution < -0.4 is 0 Å². The lowest BCUT2D eigenvalue weighted by atomic mass is 9.32. The van der Waals surface area contributed by atoms with Crippen molar-refractivity contribution in [1.29, 1.82) is 0 Å². The van der Waals surface area contributed by atoms with E-state index >= 15 is 0 Å². The molecular formula is C45H68O11. The molecule has 6 aliphatic rings. The highest BCUT2D eigenvalue weighted by Gasteiger charge is 2.72. The Bertz CT molecular complexity index is 1600. The van der Waals surface area contributed by atoms with Gasteiger partial charge in [-0.3, -0.25) is 4.79 Å². The Kier molecular flexibility index (Phi) is 11.5. The lowest BCUT2D eigenvalue weighted by Crippen LogP contribution is -2.70. The Morgan fingerprint density at radius 2 is 1.61 bits per heavy atom. The highest BCUT2D eigenvalue weighted by molar-refractivity contribution is 5.76. The fourth-order valence-corrected chi connectivity index (χ4v) is 13.9. The molecule has 0 spiro atoms. The molecule has 11 nitrogen and oxygen atoms in total. The van der Waals surface area contributed by atoms with Crippen LogP contribution in [0.4, 0.5) is 0 Å². The molecule has 1 aromatic carbocycles. The predicted molar refractivity (Wildman–Crippen MR) is 208 cm³/mol. The van der Waals surface area contributed by atoms with Gasteiger partial charge in [0.1, 0.15) is 18.3 Å². The van der Waals surface area contributed by atoms with Crippen LogP contribution >= 0.6 is 0 Å². The van der Waals surface area contributed by atoms with Crippen LogP contribution in [-0.4, -0.2) is 105 Å². The van der Waals surface area contributed by atoms with Gasteiger partial charge in [-0.25, -0.2) is 0 Å². The number of hydrogen-bond donors (Lipinski definition) is 7.